The molecule has 0 fully saturated rings. The van der Waals surface area contributed by atoms with Crippen LogP contribution in [0.3, 0.4) is 0 Å². The maximum absolute atomic E-state index is 4.95. The average Bonchev–Trinajstić information content (AvgIpc) is 2.19. The fourth-order valence-corrected chi connectivity index (χ4v) is 1.33. The highest BCUT2D eigenvalue weighted by molar-refractivity contribution is 5.37. The standard InChI is InChI=1S/C10H11NO2/c1-2-11-9-7-12-13-10-6-4-3-5-8(9)10/h3-6,9,11H,2H2,1H3. The van der Waals surface area contributed by atoms with E-state index >= 15 is 0 Å². The summed E-state index contributed by atoms with van der Waals surface area (Å²) in [7, 11) is 0. The Bertz CT molecular complexity index is 288. The zero-order valence-corrected chi connectivity index (χ0v) is 7.41. The van der Waals surface area contributed by atoms with Crippen LogP contribution in [0, 0.1) is 6.61 Å². The molecule has 0 aliphatic carbocycles. The third-order valence-corrected chi connectivity index (χ3v) is 1.94. The minimum absolute atomic E-state index is 0.00921. The Morgan fingerprint density at radius 2 is 2.31 bits per heavy atom. The van der Waals surface area contributed by atoms with Crippen LogP contribution in [-0.4, -0.2) is 6.54 Å². The molecule has 1 aromatic rings. The molecular formula is C10H11NO2. The van der Waals surface area contributed by atoms with Crippen molar-refractivity contribution in [2.45, 2.75) is 13.0 Å². The van der Waals surface area contributed by atoms with Crippen LogP contribution < -0.4 is 10.2 Å². The van der Waals surface area contributed by atoms with Gasteiger partial charge in [-0.2, -0.15) is 4.89 Å². The third kappa shape index (κ3) is 1.66. The van der Waals surface area contributed by atoms with E-state index in [9.17, 15) is 0 Å². The highest BCUT2D eigenvalue weighted by Gasteiger charge is 2.22. The lowest BCUT2D eigenvalue weighted by molar-refractivity contribution is -0.189. The molecule has 0 amide bonds. The number of likely N-dealkylation sites (N-methyl/N-ethyl adjacent to an activating group) is 1. The van der Waals surface area contributed by atoms with Crippen LogP contribution in [0.25, 0.3) is 0 Å². The van der Waals surface area contributed by atoms with Gasteiger partial charge in [0.1, 0.15) is 0 Å². The number of para-hydroxylation sites is 1. The first-order valence-corrected chi connectivity index (χ1v) is 4.33. The quantitative estimate of drug-likeness (QED) is 0.697. The van der Waals surface area contributed by atoms with Gasteiger partial charge < -0.3 is 10.2 Å². The van der Waals surface area contributed by atoms with Crippen molar-refractivity contribution in [1.82, 2.24) is 5.32 Å². The fourth-order valence-electron chi connectivity index (χ4n) is 1.33. The predicted octanol–water partition coefficient (Wildman–Crippen LogP) is 1.70. The summed E-state index contributed by atoms with van der Waals surface area (Å²) in [6, 6.07) is 7.77. The maximum atomic E-state index is 4.95. The Balaban J connectivity index is 2.26. The first-order chi connectivity index (χ1) is 6.42. The Hall–Kier alpha value is -1.06. The minimum atomic E-state index is 0.00921. The first-order valence-electron chi connectivity index (χ1n) is 4.33. The predicted molar refractivity (Wildman–Crippen MR) is 47.8 cm³/mol. The van der Waals surface area contributed by atoms with Crippen molar-refractivity contribution < 1.29 is 9.78 Å². The molecule has 1 heterocycles. The molecule has 1 atom stereocenters. The molecule has 0 spiro atoms. The van der Waals surface area contributed by atoms with Crippen molar-refractivity contribution >= 4 is 0 Å². The highest BCUT2D eigenvalue weighted by Crippen LogP contribution is 2.31. The molecule has 0 bridgehead atoms. The van der Waals surface area contributed by atoms with Gasteiger partial charge in [0, 0.05) is 5.56 Å². The van der Waals surface area contributed by atoms with Gasteiger partial charge >= 0.3 is 0 Å². The second-order valence-electron chi connectivity index (χ2n) is 2.81. The van der Waals surface area contributed by atoms with E-state index in [0.29, 0.717) is 0 Å². The van der Waals surface area contributed by atoms with E-state index in [0.717, 1.165) is 17.9 Å². The number of rotatable bonds is 2. The van der Waals surface area contributed by atoms with Crippen molar-refractivity contribution in [3.63, 3.8) is 0 Å². The summed E-state index contributed by atoms with van der Waals surface area (Å²) < 4.78 is 0. The topological polar surface area (TPSA) is 30.5 Å². The molecule has 1 N–H and O–H groups in total. The molecule has 2 radical (unpaired) electrons. The van der Waals surface area contributed by atoms with Gasteiger partial charge in [0.15, 0.2) is 5.75 Å². The SMILES string of the molecule is CCNC1[C]OOc2ccccc21. The second-order valence-corrected chi connectivity index (χ2v) is 2.81. The van der Waals surface area contributed by atoms with Crippen molar-refractivity contribution in [3.8, 4) is 5.75 Å². The summed E-state index contributed by atoms with van der Waals surface area (Å²) in [5.74, 6) is 0.757. The Morgan fingerprint density at radius 3 is 3.15 bits per heavy atom. The van der Waals surface area contributed by atoms with Crippen LogP contribution in [-0.2, 0) is 4.89 Å². The van der Waals surface area contributed by atoms with Gasteiger partial charge in [0.2, 0.25) is 6.61 Å². The monoisotopic (exact) mass is 177 g/mol. The molecule has 3 nitrogen and oxygen atoms in total. The van der Waals surface area contributed by atoms with Gasteiger partial charge in [-0.05, 0) is 12.6 Å². The lowest BCUT2D eigenvalue weighted by atomic mass is 10.1. The number of fused-ring (bicyclic) bond motifs is 1. The van der Waals surface area contributed by atoms with E-state index in [4.69, 9.17) is 9.78 Å². The van der Waals surface area contributed by atoms with Crippen molar-refractivity contribution in [2.75, 3.05) is 6.54 Å². The lowest BCUT2D eigenvalue weighted by Crippen LogP contribution is -2.26. The Labute approximate surface area is 77.6 Å². The van der Waals surface area contributed by atoms with Gasteiger partial charge in [-0.25, -0.2) is 0 Å². The van der Waals surface area contributed by atoms with Crippen LogP contribution in [0.4, 0.5) is 0 Å². The largest absolute Gasteiger partial charge is 0.336 e. The zero-order valence-electron chi connectivity index (χ0n) is 7.41. The van der Waals surface area contributed by atoms with E-state index in [1.807, 2.05) is 31.2 Å². The van der Waals surface area contributed by atoms with Crippen molar-refractivity contribution in [1.29, 1.82) is 0 Å². The van der Waals surface area contributed by atoms with E-state index in [1.54, 1.807) is 0 Å². The van der Waals surface area contributed by atoms with Gasteiger partial charge in [0.25, 0.3) is 0 Å². The Kier molecular flexibility index (Phi) is 2.47. The smallest absolute Gasteiger partial charge is 0.210 e. The maximum Gasteiger partial charge on any atom is 0.210 e. The van der Waals surface area contributed by atoms with Crippen LogP contribution in [0.2, 0.25) is 0 Å². The van der Waals surface area contributed by atoms with E-state index in [1.165, 1.54) is 0 Å². The number of hydrogen-bond acceptors (Lipinski definition) is 3. The summed E-state index contributed by atoms with van der Waals surface area (Å²) in [6.45, 7) is 5.65. The fraction of sp³-hybridized carbons (Fsp3) is 0.300. The van der Waals surface area contributed by atoms with E-state index in [2.05, 4.69) is 11.9 Å². The summed E-state index contributed by atoms with van der Waals surface area (Å²) in [5, 5.41) is 3.22. The summed E-state index contributed by atoms with van der Waals surface area (Å²) >= 11 is 0. The molecule has 1 aromatic carbocycles. The summed E-state index contributed by atoms with van der Waals surface area (Å²) in [5.41, 5.74) is 1.07. The molecule has 1 unspecified atom stereocenters. The van der Waals surface area contributed by atoms with E-state index < -0.39 is 0 Å². The molecule has 0 aromatic heterocycles. The first kappa shape index (κ1) is 8.53. The lowest BCUT2D eigenvalue weighted by Gasteiger charge is -2.23. The number of benzene rings is 1. The van der Waals surface area contributed by atoms with Crippen LogP contribution in [0.1, 0.15) is 18.5 Å². The molecule has 13 heavy (non-hydrogen) atoms. The summed E-state index contributed by atoms with van der Waals surface area (Å²) in [4.78, 5) is 9.70. The van der Waals surface area contributed by atoms with E-state index in [-0.39, 0.29) is 6.04 Å². The normalized spacial score (nSPS) is 20.5. The van der Waals surface area contributed by atoms with Gasteiger partial charge in [-0.1, -0.05) is 25.1 Å². The molecule has 0 saturated heterocycles. The van der Waals surface area contributed by atoms with Gasteiger partial charge in [-0.15, -0.1) is 0 Å². The zero-order chi connectivity index (χ0) is 9.10. The van der Waals surface area contributed by atoms with Crippen LogP contribution >= 0.6 is 0 Å². The number of hydrogen-bond donors (Lipinski definition) is 1. The molecule has 3 heteroatoms. The average molecular weight is 177 g/mol. The molecule has 68 valence electrons. The Morgan fingerprint density at radius 1 is 1.46 bits per heavy atom. The molecule has 1 aliphatic heterocycles. The van der Waals surface area contributed by atoms with Gasteiger partial charge in [-0.3, -0.25) is 0 Å². The molecule has 1 aliphatic rings. The van der Waals surface area contributed by atoms with Crippen molar-refractivity contribution in [2.24, 2.45) is 0 Å². The van der Waals surface area contributed by atoms with Crippen LogP contribution in [0.5, 0.6) is 5.75 Å². The second kappa shape index (κ2) is 3.77. The molecule has 0 saturated carbocycles. The highest BCUT2D eigenvalue weighted by atomic mass is 17.2. The third-order valence-electron chi connectivity index (χ3n) is 1.94. The molecular weight excluding hydrogens is 166 g/mol. The van der Waals surface area contributed by atoms with Crippen LogP contribution in [0.15, 0.2) is 24.3 Å². The molecule has 2 rings (SSSR count). The summed E-state index contributed by atoms with van der Waals surface area (Å²) in [6.07, 6.45) is 0. The minimum Gasteiger partial charge on any atom is -0.336 e. The number of nitrogens with one attached hydrogen (secondary N) is 1. The van der Waals surface area contributed by atoms with Crippen molar-refractivity contribution in [3.05, 3.63) is 36.4 Å². The van der Waals surface area contributed by atoms with Gasteiger partial charge in [0.05, 0.1) is 6.04 Å².